The largest absolute Gasteiger partial charge is 0.476 e. The zero-order chi connectivity index (χ0) is 26.9. The van der Waals surface area contributed by atoms with Gasteiger partial charge in [-0.25, -0.2) is 14.8 Å². The molecule has 37 heavy (non-hydrogen) atoms. The molecule has 4 rings (SSSR count). The van der Waals surface area contributed by atoms with Crippen LogP contribution in [-0.4, -0.2) is 57.1 Å². The molecule has 4 heterocycles. The van der Waals surface area contributed by atoms with E-state index in [0.717, 1.165) is 36.9 Å². The van der Waals surface area contributed by atoms with Gasteiger partial charge in [0, 0.05) is 30.5 Å². The van der Waals surface area contributed by atoms with Crippen LogP contribution in [0.25, 0.3) is 5.65 Å². The third-order valence-electron chi connectivity index (χ3n) is 6.91. The van der Waals surface area contributed by atoms with Crippen LogP contribution in [-0.2, 0) is 0 Å². The van der Waals surface area contributed by atoms with Crippen LogP contribution in [0.4, 0.5) is 11.5 Å². The molecule has 1 fully saturated rings. The van der Waals surface area contributed by atoms with E-state index in [9.17, 15) is 19.8 Å². The van der Waals surface area contributed by atoms with Crippen LogP contribution in [0.5, 0.6) is 0 Å². The lowest BCUT2D eigenvalue weighted by Crippen LogP contribution is -2.43. The number of aryl methyl sites for hydroxylation is 1. The fourth-order valence-corrected chi connectivity index (χ4v) is 5.19. The van der Waals surface area contributed by atoms with Crippen molar-refractivity contribution >= 4 is 42.6 Å². The van der Waals surface area contributed by atoms with Gasteiger partial charge in [-0.15, -0.1) is 0 Å². The molecule has 3 N–H and O–H groups in total. The Morgan fingerprint density at radius 3 is 2.76 bits per heavy atom. The number of pyridine rings is 2. The lowest BCUT2D eigenvalue weighted by molar-refractivity contribution is 0.0691. The Balaban J connectivity index is 1.81. The Labute approximate surface area is 221 Å². The number of hydrogen-bond donors (Lipinski definition) is 3. The van der Waals surface area contributed by atoms with Crippen LogP contribution in [0.3, 0.4) is 0 Å². The first-order chi connectivity index (χ1) is 17.6. The number of halogens is 1. The highest BCUT2D eigenvalue weighted by atomic mass is 35.5. The summed E-state index contributed by atoms with van der Waals surface area (Å²) in [5, 5.41) is 23.1. The molecule has 1 aliphatic heterocycles. The minimum atomic E-state index is -1.20. The van der Waals surface area contributed by atoms with Gasteiger partial charge in [0.15, 0.2) is 5.69 Å². The second-order valence-electron chi connectivity index (χ2n) is 9.70. The van der Waals surface area contributed by atoms with Gasteiger partial charge >= 0.3 is 5.97 Å². The number of nitrogens with one attached hydrogen (secondary N) is 1. The molecule has 1 aliphatic rings. The summed E-state index contributed by atoms with van der Waals surface area (Å²) in [4.78, 5) is 36.4. The highest BCUT2D eigenvalue weighted by molar-refractivity contribution is 6.29. The highest BCUT2D eigenvalue weighted by Crippen LogP contribution is 2.31. The number of aromatic nitrogens is 3. The van der Waals surface area contributed by atoms with Crippen LogP contribution < -0.4 is 15.8 Å². The van der Waals surface area contributed by atoms with Crippen molar-refractivity contribution < 1.29 is 15.0 Å². The summed E-state index contributed by atoms with van der Waals surface area (Å²) in [7, 11) is 5.68. The molecule has 3 aromatic rings. The first-order valence-electron chi connectivity index (χ1n) is 12.4. The van der Waals surface area contributed by atoms with E-state index < -0.39 is 18.1 Å². The van der Waals surface area contributed by atoms with E-state index in [1.54, 1.807) is 23.6 Å². The average molecular weight is 524 g/mol. The van der Waals surface area contributed by atoms with Crippen LogP contribution >= 0.6 is 11.6 Å². The molecular formula is C26H31BClN5O4. The number of hydrogen-bond acceptors (Lipinski definition) is 7. The van der Waals surface area contributed by atoms with E-state index >= 15 is 0 Å². The average Bonchev–Trinajstić information content (AvgIpc) is 2.87. The molecule has 3 atom stereocenters. The van der Waals surface area contributed by atoms with Gasteiger partial charge in [-0.05, 0) is 70.2 Å². The third-order valence-corrected chi connectivity index (χ3v) is 7.12. The quantitative estimate of drug-likeness (QED) is 0.300. The molecule has 194 valence electrons. The van der Waals surface area contributed by atoms with E-state index in [-0.39, 0.29) is 28.8 Å². The van der Waals surface area contributed by atoms with Crippen molar-refractivity contribution in [2.45, 2.75) is 71.0 Å². The molecule has 0 unspecified atom stereocenters. The predicted octanol–water partition coefficient (Wildman–Crippen LogP) is 3.93. The molecule has 0 saturated carbocycles. The van der Waals surface area contributed by atoms with E-state index in [2.05, 4.69) is 15.2 Å². The molecule has 2 radical (unpaired) electrons. The fraction of sp³-hybridized carbons (Fsp3) is 0.462. The summed E-state index contributed by atoms with van der Waals surface area (Å²) < 4.78 is 1.55. The van der Waals surface area contributed by atoms with Gasteiger partial charge in [0.2, 0.25) is 0 Å². The van der Waals surface area contributed by atoms with Crippen molar-refractivity contribution in [2.24, 2.45) is 0 Å². The smallest absolute Gasteiger partial charge is 0.356 e. The molecule has 9 nitrogen and oxygen atoms in total. The monoisotopic (exact) mass is 523 g/mol. The predicted molar refractivity (Wildman–Crippen MR) is 145 cm³/mol. The van der Waals surface area contributed by atoms with E-state index in [1.807, 2.05) is 19.9 Å². The van der Waals surface area contributed by atoms with Gasteiger partial charge in [0.25, 0.3) is 5.56 Å². The van der Waals surface area contributed by atoms with Crippen LogP contribution in [0.15, 0.2) is 29.2 Å². The zero-order valence-electron chi connectivity index (χ0n) is 21.2. The Hall–Kier alpha value is -3.11. The number of aliphatic hydroxyl groups is 1. The molecule has 11 heteroatoms. The molecule has 1 saturated heterocycles. The standard InChI is InChI=1S/C26H31BClN5O4/c1-14-10-19(16(3)29-20-7-8-21(28)30-22(20)26(36)37)24-31-23(15(2)25(35)33(24)13-14)32-9-5-4-6-17(32)11-18(34)12-27/h7-8,10,13,16-18,29,34H,4-6,9,11-12H2,1-3H3,(H,36,37)/t16-,17+,18-/m1/s1. The summed E-state index contributed by atoms with van der Waals surface area (Å²) in [5.74, 6) is -0.593. The first-order valence-corrected chi connectivity index (χ1v) is 12.8. The number of aromatic carboxylic acids is 1. The molecule has 0 amide bonds. The Morgan fingerprint density at radius 2 is 2.05 bits per heavy atom. The SMILES string of the molecule is [B]C[C@H](O)C[C@@H]1CCCCN1c1nc2c([C@@H](C)Nc3ccc(Cl)nc3C(=O)O)cc(C)cn2c(=O)c1C. The highest BCUT2D eigenvalue weighted by Gasteiger charge is 2.28. The summed E-state index contributed by atoms with van der Waals surface area (Å²) in [6.07, 6.45) is 4.73. The van der Waals surface area contributed by atoms with Crippen molar-refractivity contribution in [3.63, 3.8) is 0 Å². The molecule has 0 aliphatic carbocycles. The van der Waals surface area contributed by atoms with Crippen molar-refractivity contribution in [1.82, 2.24) is 14.4 Å². The second-order valence-corrected chi connectivity index (χ2v) is 10.1. The number of anilines is 2. The third kappa shape index (κ3) is 5.60. The Bertz CT molecular complexity index is 1380. The van der Waals surface area contributed by atoms with Crippen molar-refractivity contribution in [3.05, 3.63) is 62.3 Å². The lowest BCUT2D eigenvalue weighted by atomic mass is 9.90. The summed E-state index contributed by atoms with van der Waals surface area (Å²) in [5.41, 5.74) is 2.58. The lowest BCUT2D eigenvalue weighted by Gasteiger charge is -2.38. The first kappa shape index (κ1) is 26.9. The maximum atomic E-state index is 13.5. The summed E-state index contributed by atoms with van der Waals surface area (Å²) in [6.45, 7) is 6.29. The van der Waals surface area contributed by atoms with Gasteiger partial charge in [0.1, 0.15) is 16.6 Å². The number of piperidine rings is 1. The maximum absolute atomic E-state index is 13.5. The van der Waals surface area contributed by atoms with Crippen LogP contribution in [0, 0.1) is 13.8 Å². The Kier molecular flexibility index (Phi) is 8.09. The Morgan fingerprint density at radius 1 is 1.30 bits per heavy atom. The van der Waals surface area contributed by atoms with E-state index in [1.165, 1.54) is 6.07 Å². The fourth-order valence-electron chi connectivity index (χ4n) is 5.04. The normalized spacial score (nSPS) is 17.5. The van der Waals surface area contributed by atoms with Gasteiger partial charge in [-0.1, -0.05) is 17.9 Å². The number of carbonyl (C=O) groups is 1. The molecule has 3 aromatic heterocycles. The van der Waals surface area contributed by atoms with Crippen molar-refractivity contribution in [2.75, 3.05) is 16.8 Å². The number of carboxylic acids is 1. The number of rotatable bonds is 8. The maximum Gasteiger partial charge on any atom is 0.356 e. The molecular weight excluding hydrogens is 493 g/mol. The second kappa shape index (κ2) is 11.1. The minimum Gasteiger partial charge on any atom is -0.476 e. The topological polar surface area (TPSA) is 120 Å². The molecule has 0 aromatic carbocycles. The molecule has 0 spiro atoms. The number of carboxylic acid groups (broad SMARTS) is 1. The number of aliphatic hydroxyl groups excluding tert-OH is 1. The van der Waals surface area contributed by atoms with Crippen LogP contribution in [0.2, 0.25) is 11.5 Å². The zero-order valence-corrected chi connectivity index (χ0v) is 22.0. The van der Waals surface area contributed by atoms with Crippen molar-refractivity contribution in [1.29, 1.82) is 0 Å². The summed E-state index contributed by atoms with van der Waals surface area (Å²) >= 11 is 5.91. The van der Waals surface area contributed by atoms with Crippen LogP contribution in [0.1, 0.15) is 65.8 Å². The minimum absolute atomic E-state index is 0.0306. The van der Waals surface area contributed by atoms with Gasteiger partial charge in [0.05, 0.1) is 25.1 Å². The van der Waals surface area contributed by atoms with E-state index in [0.29, 0.717) is 29.1 Å². The molecule has 0 bridgehead atoms. The number of fused-ring (bicyclic) bond motifs is 1. The van der Waals surface area contributed by atoms with Gasteiger partial charge in [-0.3, -0.25) is 9.20 Å². The van der Waals surface area contributed by atoms with E-state index in [4.69, 9.17) is 24.4 Å². The summed E-state index contributed by atoms with van der Waals surface area (Å²) in [6, 6.07) is 4.66. The van der Waals surface area contributed by atoms with Gasteiger partial charge in [-0.2, -0.15) is 0 Å². The number of nitrogens with zero attached hydrogens (tertiary/aromatic N) is 4. The van der Waals surface area contributed by atoms with Crippen molar-refractivity contribution in [3.8, 4) is 0 Å². The van der Waals surface area contributed by atoms with Gasteiger partial charge < -0.3 is 20.4 Å².